The number of benzene rings is 1. The standard InChI is InChI=1S/C25H26FN5O4S/c1-4-5-11-36(34,35)31(33)21-8-6-7-18(23(21)26)24(32)20-15-29-25-19(20)12-17(14-28-25)16-9-10-22(27-13-16)30(2)3/h6-10,12-15,31H,4-5,11H2,1-3H3,(H,28,29). The van der Waals surface area contributed by atoms with Gasteiger partial charge < -0.3 is 15.1 Å². The summed E-state index contributed by atoms with van der Waals surface area (Å²) in [7, 11) is -0.420. The maximum atomic E-state index is 15.3. The highest BCUT2D eigenvalue weighted by molar-refractivity contribution is 7.85. The summed E-state index contributed by atoms with van der Waals surface area (Å²) < 4.78 is 38.7. The van der Waals surface area contributed by atoms with Crippen LogP contribution in [0.3, 0.4) is 0 Å². The molecular formula is C25H26FN5O4S. The number of pyridine rings is 2. The Morgan fingerprint density at radius 1 is 1.11 bits per heavy atom. The molecule has 0 spiro atoms. The number of unbranched alkanes of at least 4 members (excludes halogenated alkanes) is 1. The molecule has 0 radical (unpaired) electrons. The first-order valence-corrected chi connectivity index (χ1v) is 13.0. The number of hydrogen-bond acceptors (Lipinski definition) is 7. The Kier molecular flexibility index (Phi) is 7.16. The Morgan fingerprint density at radius 2 is 1.86 bits per heavy atom. The minimum atomic E-state index is -4.19. The number of nitrogens with one attached hydrogen (secondary N) is 2. The molecule has 0 aliphatic carbocycles. The quantitative estimate of drug-likeness (QED) is 0.261. The third-order valence-corrected chi connectivity index (χ3v) is 7.44. The van der Waals surface area contributed by atoms with Gasteiger partial charge in [0.25, 0.3) is 10.0 Å². The van der Waals surface area contributed by atoms with Crippen molar-refractivity contribution in [2.45, 2.75) is 19.8 Å². The molecule has 0 amide bonds. The Hall–Kier alpha value is -3.67. The number of H-pyrrole nitrogens is 1. The van der Waals surface area contributed by atoms with E-state index in [0.29, 0.717) is 23.0 Å². The Morgan fingerprint density at radius 3 is 2.53 bits per heavy atom. The lowest BCUT2D eigenvalue weighted by atomic mass is 10.0. The Labute approximate surface area is 208 Å². The van der Waals surface area contributed by atoms with Crippen LogP contribution >= 0.6 is 0 Å². The number of rotatable bonds is 9. The van der Waals surface area contributed by atoms with E-state index >= 15 is 4.39 Å². The Bertz CT molecular complexity index is 1520. The number of hydrogen-bond donors (Lipinski definition) is 2. The molecule has 0 aliphatic heterocycles. The molecule has 1 atom stereocenters. The second-order valence-corrected chi connectivity index (χ2v) is 10.6. The first kappa shape index (κ1) is 25.4. The van der Waals surface area contributed by atoms with Crippen molar-refractivity contribution in [3.8, 4) is 11.1 Å². The normalized spacial score (nSPS) is 12.6. The van der Waals surface area contributed by atoms with E-state index in [1.54, 1.807) is 25.4 Å². The molecule has 4 rings (SSSR count). The number of sulfonamides is 1. The SMILES string of the molecule is CCCCS(=O)(=O)[NH+]([O-])c1cccc(C(=O)c2c[nH]c3ncc(-c4ccc(N(C)C)nc4)cc23)c1F. The largest absolute Gasteiger partial charge is 0.613 e. The van der Waals surface area contributed by atoms with Gasteiger partial charge in [-0.25, -0.2) is 14.4 Å². The van der Waals surface area contributed by atoms with Gasteiger partial charge in [0.1, 0.15) is 17.2 Å². The van der Waals surface area contributed by atoms with Gasteiger partial charge >= 0.3 is 0 Å². The summed E-state index contributed by atoms with van der Waals surface area (Å²) in [4.78, 5) is 26.9. The van der Waals surface area contributed by atoms with Gasteiger partial charge in [-0.2, -0.15) is 12.8 Å². The fourth-order valence-electron chi connectivity index (χ4n) is 3.78. The molecule has 0 saturated heterocycles. The van der Waals surface area contributed by atoms with Gasteiger partial charge in [-0.1, -0.05) is 19.4 Å². The van der Waals surface area contributed by atoms with Crippen molar-refractivity contribution < 1.29 is 22.1 Å². The summed E-state index contributed by atoms with van der Waals surface area (Å²) in [5.74, 6) is -1.44. The zero-order valence-electron chi connectivity index (χ0n) is 20.1. The van der Waals surface area contributed by atoms with Crippen LogP contribution in [-0.2, 0) is 10.0 Å². The van der Waals surface area contributed by atoms with Crippen molar-refractivity contribution in [3.63, 3.8) is 0 Å². The number of nitrogens with zero attached hydrogens (tertiary/aromatic N) is 3. The lowest BCUT2D eigenvalue weighted by Crippen LogP contribution is -3.05. The second-order valence-electron chi connectivity index (χ2n) is 8.58. The molecule has 188 valence electrons. The van der Waals surface area contributed by atoms with Crippen LogP contribution in [-0.4, -0.2) is 49.0 Å². The second kappa shape index (κ2) is 10.1. The number of halogens is 1. The monoisotopic (exact) mass is 511 g/mol. The third-order valence-electron chi connectivity index (χ3n) is 5.83. The topological polar surface area (TPSA) is 124 Å². The van der Waals surface area contributed by atoms with Crippen LogP contribution < -0.4 is 9.37 Å². The molecule has 3 aromatic heterocycles. The predicted molar refractivity (Wildman–Crippen MR) is 136 cm³/mol. The summed E-state index contributed by atoms with van der Waals surface area (Å²) in [5, 5.41) is 13.0. The summed E-state index contributed by atoms with van der Waals surface area (Å²) in [5.41, 5.74) is 1.04. The number of ketones is 1. The highest BCUT2D eigenvalue weighted by Gasteiger charge is 2.28. The lowest BCUT2D eigenvalue weighted by Gasteiger charge is -2.21. The van der Waals surface area contributed by atoms with E-state index in [-0.39, 0.29) is 17.7 Å². The van der Waals surface area contributed by atoms with Gasteiger partial charge in [-0.05, 0) is 30.7 Å². The molecule has 2 N–H and O–H groups in total. The first-order chi connectivity index (χ1) is 17.1. The van der Waals surface area contributed by atoms with Crippen LogP contribution in [0.15, 0.2) is 55.0 Å². The van der Waals surface area contributed by atoms with Crippen LogP contribution in [0.4, 0.5) is 15.9 Å². The van der Waals surface area contributed by atoms with Crippen molar-refractivity contribution in [3.05, 3.63) is 77.1 Å². The smallest absolute Gasteiger partial charge is 0.300 e. The molecular weight excluding hydrogens is 485 g/mol. The van der Waals surface area contributed by atoms with E-state index in [2.05, 4.69) is 15.0 Å². The van der Waals surface area contributed by atoms with Gasteiger partial charge in [0.05, 0.1) is 5.56 Å². The summed E-state index contributed by atoms with van der Waals surface area (Å²) >= 11 is 0. The van der Waals surface area contributed by atoms with Gasteiger partial charge in [-0.15, -0.1) is 0 Å². The van der Waals surface area contributed by atoms with Crippen LogP contribution in [0.1, 0.15) is 35.7 Å². The number of carbonyl (C=O) groups is 1. The number of anilines is 1. The molecule has 36 heavy (non-hydrogen) atoms. The van der Waals surface area contributed by atoms with Crippen molar-refractivity contribution in [1.29, 1.82) is 0 Å². The molecule has 0 fully saturated rings. The molecule has 1 unspecified atom stereocenters. The molecule has 0 aliphatic rings. The molecule has 0 saturated carbocycles. The van der Waals surface area contributed by atoms with Crippen molar-refractivity contribution >= 4 is 38.3 Å². The lowest BCUT2D eigenvalue weighted by molar-refractivity contribution is -0.626. The maximum absolute atomic E-state index is 15.3. The van der Waals surface area contributed by atoms with Gasteiger partial charge in [0.15, 0.2) is 17.3 Å². The van der Waals surface area contributed by atoms with E-state index in [1.807, 2.05) is 31.1 Å². The first-order valence-electron chi connectivity index (χ1n) is 11.3. The molecule has 3 heterocycles. The summed E-state index contributed by atoms with van der Waals surface area (Å²) in [6.07, 6.45) is 5.61. The number of carbonyl (C=O) groups excluding carboxylic acids is 1. The summed E-state index contributed by atoms with van der Waals surface area (Å²) in [6, 6.07) is 9.10. The van der Waals surface area contributed by atoms with E-state index < -0.39 is 37.3 Å². The van der Waals surface area contributed by atoms with Gasteiger partial charge in [0.2, 0.25) is 0 Å². The van der Waals surface area contributed by atoms with E-state index in [0.717, 1.165) is 17.4 Å². The van der Waals surface area contributed by atoms with E-state index in [1.165, 1.54) is 18.3 Å². The minimum absolute atomic E-state index is 0.148. The molecule has 4 aromatic rings. The fraction of sp³-hybridized carbons (Fsp3) is 0.240. The zero-order valence-corrected chi connectivity index (χ0v) is 20.9. The highest BCUT2D eigenvalue weighted by Crippen LogP contribution is 2.28. The van der Waals surface area contributed by atoms with Crippen LogP contribution in [0, 0.1) is 11.0 Å². The molecule has 11 heteroatoms. The van der Waals surface area contributed by atoms with Crippen LogP contribution in [0.5, 0.6) is 0 Å². The molecule has 0 bridgehead atoms. The Balaban J connectivity index is 1.71. The molecule has 9 nitrogen and oxygen atoms in total. The number of fused-ring (bicyclic) bond motifs is 1. The van der Waals surface area contributed by atoms with Crippen LogP contribution in [0.2, 0.25) is 0 Å². The predicted octanol–water partition coefficient (Wildman–Crippen LogP) is 3.21. The van der Waals surface area contributed by atoms with Crippen molar-refractivity contribution in [2.75, 3.05) is 24.7 Å². The van der Waals surface area contributed by atoms with Crippen LogP contribution in [0.25, 0.3) is 22.2 Å². The van der Waals surface area contributed by atoms with E-state index in [9.17, 15) is 18.4 Å². The summed E-state index contributed by atoms with van der Waals surface area (Å²) in [6.45, 7) is 1.79. The molecule has 1 aromatic carbocycles. The third kappa shape index (κ3) is 4.85. The number of aromatic nitrogens is 3. The van der Waals surface area contributed by atoms with Crippen molar-refractivity contribution in [1.82, 2.24) is 15.0 Å². The average Bonchev–Trinajstić information content (AvgIpc) is 3.30. The van der Waals surface area contributed by atoms with Gasteiger partial charge in [-0.3, -0.25) is 4.79 Å². The average molecular weight is 512 g/mol. The number of quaternary nitrogens is 1. The van der Waals surface area contributed by atoms with Gasteiger partial charge in [0, 0.05) is 60.8 Å². The minimum Gasteiger partial charge on any atom is -0.613 e. The zero-order chi connectivity index (χ0) is 26.0. The van der Waals surface area contributed by atoms with Crippen molar-refractivity contribution in [2.24, 2.45) is 0 Å². The maximum Gasteiger partial charge on any atom is 0.300 e. The fourth-order valence-corrected chi connectivity index (χ4v) is 5.12. The highest BCUT2D eigenvalue weighted by atomic mass is 32.2. The number of aromatic amines is 1. The van der Waals surface area contributed by atoms with E-state index in [4.69, 9.17) is 0 Å².